The number of hydrazone groups is 1. The van der Waals surface area contributed by atoms with Gasteiger partial charge in [0.1, 0.15) is 0 Å². The zero-order valence-corrected chi connectivity index (χ0v) is 14.8. The van der Waals surface area contributed by atoms with Crippen LogP contribution in [0.2, 0.25) is 0 Å². The van der Waals surface area contributed by atoms with Gasteiger partial charge in [-0.2, -0.15) is 10.2 Å². The van der Waals surface area contributed by atoms with Crippen LogP contribution in [0.5, 0.6) is 0 Å². The van der Waals surface area contributed by atoms with Crippen LogP contribution < -0.4 is 15.9 Å². The van der Waals surface area contributed by atoms with Gasteiger partial charge < -0.3 is 4.90 Å². The minimum absolute atomic E-state index is 0.155. The lowest BCUT2D eigenvalue weighted by molar-refractivity contribution is 0.0950. The van der Waals surface area contributed by atoms with Gasteiger partial charge in [-0.15, -0.1) is 0 Å². The SMILES string of the molecule is CN(C)c1ccc(/C=N/NC(=O)c2nn(C)c(=O)c3ccccc23)cc1. The lowest BCUT2D eigenvalue weighted by Gasteiger charge is -2.11. The van der Waals surface area contributed by atoms with Gasteiger partial charge in [-0.1, -0.05) is 30.3 Å². The molecule has 1 heterocycles. The van der Waals surface area contributed by atoms with E-state index in [2.05, 4.69) is 15.6 Å². The summed E-state index contributed by atoms with van der Waals surface area (Å²) in [5.41, 5.74) is 4.30. The molecule has 0 saturated carbocycles. The van der Waals surface area contributed by atoms with Crippen LogP contribution in [-0.4, -0.2) is 36.0 Å². The van der Waals surface area contributed by atoms with Crippen LogP contribution >= 0.6 is 0 Å². The average molecular weight is 349 g/mol. The van der Waals surface area contributed by atoms with E-state index in [1.807, 2.05) is 43.3 Å². The molecule has 0 atom stereocenters. The number of nitrogens with zero attached hydrogens (tertiary/aromatic N) is 4. The number of aryl methyl sites for hydroxylation is 1. The highest BCUT2D eigenvalue weighted by Gasteiger charge is 2.14. The molecule has 132 valence electrons. The smallest absolute Gasteiger partial charge is 0.292 e. The molecule has 0 unspecified atom stereocenters. The Balaban J connectivity index is 1.81. The molecule has 0 fully saturated rings. The summed E-state index contributed by atoms with van der Waals surface area (Å²) in [6.45, 7) is 0. The van der Waals surface area contributed by atoms with Crippen LogP contribution in [0.4, 0.5) is 5.69 Å². The number of fused-ring (bicyclic) bond motifs is 1. The van der Waals surface area contributed by atoms with Gasteiger partial charge in [0.2, 0.25) is 0 Å². The van der Waals surface area contributed by atoms with Crippen molar-refractivity contribution in [3.05, 3.63) is 70.1 Å². The maximum atomic E-state index is 12.4. The van der Waals surface area contributed by atoms with Gasteiger partial charge in [-0.05, 0) is 23.8 Å². The van der Waals surface area contributed by atoms with E-state index in [1.165, 1.54) is 7.05 Å². The van der Waals surface area contributed by atoms with Crippen molar-refractivity contribution in [3.8, 4) is 0 Å². The van der Waals surface area contributed by atoms with Crippen LogP contribution in [0.3, 0.4) is 0 Å². The highest BCUT2D eigenvalue weighted by Crippen LogP contribution is 2.13. The van der Waals surface area contributed by atoms with Crippen molar-refractivity contribution in [1.82, 2.24) is 15.2 Å². The first-order chi connectivity index (χ1) is 12.5. The Bertz CT molecular complexity index is 1040. The molecule has 7 heteroatoms. The predicted molar refractivity (Wildman–Crippen MR) is 103 cm³/mol. The number of benzene rings is 2. The van der Waals surface area contributed by atoms with Crippen molar-refractivity contribution in [3.63, 3.8) is 0 Å². The summed E-state index contributed by atoms with van der Waals surface area (Å²) >= 11 is 0. The quantitative estimate of drug-likeness (QED) is 0.575. The molecule has 2 aromatic carbocycles. The van der Waals surface area contributed by atoms with Gasteiger partial charge in [-0.3, -0.25) is 9.59 Å². The van der Waals surface area contributed by atoms with E-state index in [1.54, 1.807) is 30.5 Å². The molecule has 26 heavy (non-hydrogen) atoms. The molecule has 0 aliphatic carbocycles. The molecular weight excluding hydrogens is 330 g/mol. The fraction of sp³-hybridized carbons (Fsp3) is 0.158. The standard InChI is InChI=1S/C19H19N5O2/c1-23(2)14-10-8-13(9-11-14)12-20-21-18(25)17-15-6-4-5-7-16(15)19(26)24(3)22-17/h4-12H,1-3H3,(H,21,25)/b20-12+. The van der Waals surface area contributed by atoms with Gasteiger partial charge in [0.05, 0.1) is 11.6 Å². The summed E-state index contributed by atoms with van der Waals surface area (Å²) in [6.07, 6.45) is 1.56. The molecule has 1 amide bonds. The maximum Gasteiger partial charge on any atom is 0.292 e. The number of rotatable bonds is 4. The second-order valence-corrected chi connectivity index (χ2v) is 6.01. The number of aromatic nitrogens is 2. The molecule has 3 aromatic rings. The topological polar surface area (TPSA) is 79.6 Å². The third-order valence-electron chi connectivity index (χ3n) is 3.96. The Morgan fingerprint density at radius 2 is 1.77 bits per heavy atom. The fourth-order valence-electron chi connectivity index (χ4n) is 2.54. The van der Waals surface area contributed by atoms with Gasteiger partial charge in [0, 0.05) is 32.2 Å². The van der Waals surface area contributed by atoms with Crippen LogP contribution in [0.25, 0.3) is 10.8 Å². The minimum atomic E-state index is -0.474. The molecule has 3 rings (SSSR count). The highest BCUT2D eigenvalue weighted by molar-refractivity contribution is 6.04. The Morgan fingerprint density at radius 3 is 2.42 bits per heavy atom. The summed E-state index contributed by atoms with van der Waals surface area (Å²) in [4.78, 5) is 26.6. The van der Waals surface area contributed by atoms with Gasteiger partial charge in [0.25, 0.3) is 11.5 Å². The monoisotopic (exact) mass is 349 g/mol. The molecule has 1 aromatic heterocycles. The number of hydrogen-bond donors (Lipinski definition) is 1. The van der Waals surface area contributed by atoms with E-state index >= 15 is 0 Å². The molecule has 0 aliphatic rings. The molecule has 0 radical (unpaired) electrons. The van der Waals surface area contributed by atoms with Crippen molar-refractivity contribution < 1.29 is 4.79 Å². The van der Waals surface area contributed by atoms with Gasteiger partial charge >= 0.3 is 0 Å². The summed E-state index contributed by atoms with van der Waals surface area (Å²) < 4.78 is 1.15. The molecule has 0 spiro atoms. The number of carbonyl (C=O) groups excluding carboxylic acids is 1. The van der Waals surface area contributed by atoms with E-state index in [0.717, 1.165) is 15.9 Å². The first-order valence-corrected chi connectivity index (χ1v) is 8.04. The highest BCUT2D eigenvalue weighted by atomic mass is 16.2. The zero-order chi connectivity index (χ0) is 18.7. The summed E-state index contributed by atoms with van der Waals surface area (Å²) in [6, 6.07) is 14.6. The number of anilines is 1. The van der Waals surface area contributed by atoms with Crippen LogP contribution in [0.15, 0.2) is 58.4 Å². The van der Waals surface area contributed by atoms with E-state index < -0.39 is 5.91 Å². The molecule has 1 N–H and O–H groups in total. The maximum absolute atomic E-state index is 12.4. The van der Waals surface area contributed by atoms with E-state index in [-0.39, 0.29) is 11.3 Å². The van der Waals surface area contributed by atoms with Crippen LogP contribution in [-0.2, 0) is 7.05 Å². The second-order valence-electron chi connectivity index (χ2n) is 6.01. The molecule has 0 bridgehead atoms. The first kappa shape index (κ1) is 17.3. The first-order valence-electron chi connectivity index (χ1n) is 8.04. The third kappa shape index (κ3) is 3.46. The summed E-state index contributed by atoms with van der Waals surface area (Å²) in [5.74, 6) is -0.474. The van der Waals surface area contributed by atoms with Crippen molar-refractivity contribution in [1.29, 1.82) is 0 Å². The Kier molecular flexibility index (Phi) is 4.79. The number of amides is 1. The normalized spacial score (nSPS) is 11.0. The Labute approximate surface area is 150 Å². The zero-order valence-electron chi connectivity index (χ0n) is 14.8. The van der Waals surface area contributed by atoms with Crippen molar-refractivity contribution in [2.75, 3.05) is 19.0 Å². The van der Waals surface area contributed by atoms with E-state index in [9.17, 15) is 9.59 Å². The Morgan fingerprint density at radius 1 is 1.12 bits per heavy atom. The van der Waals surface area contributed by atoms with Crippen molar-refractivity contribution in [2.45, 2.75) is 0 Å². The molecular formula is C19H19N5O2. The minimum Gasteiger partial charge on any atom is -0.378 e. The molecule has 0 saturated heterocycles. The summed E-state index contributed by atoms with van der Waals surface area (Å²) in [7, 11) is 5.45. The Hall–Kier alpha value is -3.48. The van der Waals surface area contributed by atoms with E-state index in [4.69, 9.17) is 0 Å². The third-order valence-corrected chi connectivity index (χ3v) is 3.96. The van der Waals surface area contributed by atoms with E-state index in [0.29, 0.717) is 10.8 Å². The summed E-state index contributed by atoms with van der Waals surface area (Å²) in [5, 5.41) is 9.00. The number of hydrogen-bond acceptors (Lipinski definition) is 5. The molecule has 0 aliphatic heterocycles. The fourth-order valence-corrected chi connectivity index (χ4v) is 2.54. The predicted octanol–water partition coefficient (Wildman–Crippen LogP) is 1.76. The lowest BCUT2D eigenvalue weighted by Crippen LogP contribution is -2.27. The average Bonchev–Trinajstić information content (AvgIpc) is 2.65. The van der Waals surface area contributed by atoms with Crippen molar-refractivity contribution in [2.24, 2.45) is 12.1 Å². The number of nitrogens with one attached hydrogen (secondary N) is 1. The second kappa shape index (κ2) is 7.18. The largest absolute Gasteiger partial charge is 0.378 e. The van der Waals surface area contributed by atoms with Gasteiger partial charge in [0.15, 0.2) is 5.69 Å². The number of carbonyl (C=O) groups is 1. The van der Waals surface area contributed by atoms with Crippen molar-refractivity contribution >= 4 is 28.6 Å². The van der Waals surface area contributed by atoms with Crippen LogP contribution in [0, 0.1) is 0 Å². The lowest BCUT2D eigenvalue weighted by atomic mass is 10.1. The molecule has 7 nitrogen and oxygen atoms in total. The van der Waals surface area contributed by atoms with Gasteiger partial charge in [-0.25, -0.2) is 10.1 Å². The van der Waals surface area contributed by atoms with Crippen LogP contribution in [0.1, 0.15) is 16.1 Å².